The number of carbonyl (C=O) groups excluding carboxylic acids is 2. The molecule has 7 heteroatoms. The van der Waals surface area contributed by atoms with E-state index in [-0.39, 0.29) is 29.8 Å². The summed E-state index contributed by atoms with van der Waals surface area (Å²) in [6.45, 7) is 3.92. The molecule has 2 amide bonds. The van der Waals surface area contributed by atoms with Crippen molar-refractivity contribution in [3.63, 3.8) is 0 Å². The summed E-state index contributed by atoms with van der Waals surface area (Å²) in [5.74, 6) is 0.0551. The van der Waals surface area contributed by atoms with E-state index in [9.17, 15) is 14.7 Å². The van der Waals surface area contributed by atoms with Gasteiger partial charge in [0.2, 0.25) is 5.91 Å². The highest BCUT2D eigenvalue weighted by atomic mass is 16.3. The highest BCUT2D eigenvalue weighted by Crippen LogP contribution is 2.43. The maximum atomic E-state index is 13.2. The van der Waals surface area contributed by atoms with Crippen LogP contribution in [0.25, 0.3) is 10.9 Å². The molecule has 3 heterocycles. The number of aromatic nitrogens is 2. The van der Waals surface area contributed by atoms with Gasteiger partial charge in [-0.2, -0.15) is 5.10 Å². The zero-order valence-corrected chi connectivity index (χ0v) is 15.2. The number of hydrogen-bond acceptors (Lipinski definition) is 4. The molecule has 1 N–H and O–H groups in total. The number of aryl methyl sites for hydroxylation is 1. The number of aliphatic hydroxyl groups excluding tert-OH is 1. The minimum atomic E-state index is -0.313. The van der Waals surface area contributed by atoms with E-state index >= 15 is 0 Å². The summed E-state index contributed by atoms with van der Waals surface area (Å²) in [5, 5.41) is 15.3. The van der Waals surface area contributed by atoms with Gasteiger partial charge in [-0.25, -0.2) is 0 Å². The first-order valence-electron chi connectivity index (χ1n) is 9.02. The van der Waals surface area contributed by atoms with E-state index in [1.807, 2.05) is 36.2 Å². The lowest BCUT2D eigenvalue weighted by Gasteiger charge is -2.41. The van der Waals surface area contributed by atoms with Crippen molar-refractivity contribution in [3.8, 4) is 0 Å². The Kier molecular flexibility index (Phi) is 3.99. The van der Waals surface area contributed by atoms with Crippen molar-refractivity contribution in [2.45, 2.75) is 13.3 Å². The number of hydrogen-bond donors (Lipinski definition) is 1. The van der Waals surface area contributed by atoms with Gasteiger partial charge in [0, 0.05) is 56.9 Å². The first kappa shape index (κ1) is 17.0. The van der Waals surface area contributed by atoms with E-state index < -0.39 is 0 Å². The first-order valence-corrected chi connectivity index (χ1v) is 9.02. The van der Waals surface area contributed by atoms with Crippen LogP contribution in [0.3, 0.4) is 0 Å². The maximum Gasteiger partial charge on any atom is 0.275 e. The quantitative estimate of drug-likeness (QED) is 0.866. The summed E-state index contributed by atoms with van der Waals surface area (Å²) in [4.78, 5) is 28.5. The van der Waals surface area contributed by atoms with Crippen molar-refractivity contribution in [1.82, 2.24) is 19.6 Å². The lowest BCUT2D eigenvalue weighted by molar-refractivity contribution is -0.133. The molecule has 1 aromatic heterocycles. The van der Waals surface area contributed by atoms with Gasteiger partial charge in [-0.3, -0.25) is 14.3 Å². The number of amides is 2. The average Bonchev–Trinajstić information content (AvgIpc) is 3.19. The van der Waals surface area contributed by atoms with Crippen LogP contribution in [-0.2, 0) is 11.8 Å². The molecule has 138 valence electrons. The van der Waals surface area contributed by atoms with Gasteiger partial charge in [-0.05, 0) is 12.5 Å². The minimum Gasteiger partial charge on any atom is -0.396 e. The van der Waals surface area contributed by atoms with Crippen LogP contribution in [0.4, 0.5) is 0 Å². The molecule has 0 saturated carbocycles. The van der Waals surface area contributed by atoms with Crippen LogP contribution in [0.2, 0.25) is 0 Å². The van der Waals surface area contributed by atoms with Gasteiger partial charge in [-0.15, -0.1) is 0 Å². The molecule has 2 aliphatic rings. The molecule has 0 unspecified atom stereocenters. The van der Waals surface area contributed by atoms with Crippen LogP contribution in [0.15, 0.2) is 24.3 Å². The van der Waals surface area contributed by atoms with E-state index in [4.69, 9.17) is 0 Å². The summed E-state index contributed by atoms with van der Waals surface area (Å²) >= 11 is 0. The second-order valence-electron chi connectivity index (χ2n) is 7.61. The normalized spacial score (nSPS) is 25.6. The van der Waals surface area contributed by atoms with Crippen molar-refractivity contribution in [2.75, 3.05) is 32.8 Å². The summed E-state index contributed by atoms with van der Waals surface area (Å²) in [6, 6.07) is 7.70. The lowest BCUT2D eigenvalue weighted by atomic mass is 9.73. The van der Waals surface area contributed by atoms with Crippen LogP contribution in [0.5, 0.6) is 0 Å². The molecule has 0 radical (unpaired) electrons. The molecule has 2 aromatic rings. The summed E-state index contributed by atoms with van der Waals surface area (Å²) < 4.78 is 1.73. The SMILES string of the molecule is CC(=O)N1CC[C@@]2(CO)CN(C(=O)c3nn(C)c4ccccc34)C[C@H]2C1. The second-order valence-corrected chi connectivity index (χ2v) is 7.61. The lowest BCUT2D eigenvalue weighted by Crippen LogP contribution is -2.50. The van der Waals surface area contributed by atoms with Crippen LogP contribution in [-0.4, -0.2) is 69.3 Å². The van der Waals surface area contributed by atoms with Crippen LogP contribution in [0.1, 0.15) is 23.8 Å². The average molecular weight is 356 g/mol. The van der Waals surface area contributed by atoms with E-state index in [0.717, 1.165) is 17.3 Å². The first-order chi connectivity index (χ1) is 12.4. The molecular formula is C19H24N4O3. The maximum absolute atomic E-state index is 13.2. The van der Waals surface area contributed by atoms with Crippen molar-refractivity contribution >= 4 is 22.7 Å². The Balaban J connectivity index is 1.63. The van der Waals surface area contributed by atoms with Gasteiger partial charge in [0.05, 0.1) is 12.1 Å². The standard InChI is InChI=1S/C19H24N4O3/c1-13(25)22-8-7-19(12-24)11-23(10-14(19)9-22)18(26)17-15-5-3-4-6-16(15)21(2)20-17/h3-6,14,24H,7-12H2,1-2H3/t14-,19+/m1/s1. The Labute approximate surface area is 152 Å². The van der Waals surface area contributed by atoms with Gasteiger partial charge in [0.1, 0.15) is 0 Å². The fourth-order valence-corrected chi connectivity index (χ4v) is 4.50. The number of carbonyl (C=O) groups is 2. The van der Waals surface area contributed by atoms with Gasteiger partial charge in [0.25, 0.3) is 5.91 Å². The molecule has 2 saturated heterocycles. The number of aliphatic hydroxyl groups is 1. The largest absolute Gasteiger partial charge is 0.396 e. The van der Waals surface area contributed by atoms with Crippen molar-refractivity contribution in [1.29, 1.82) is 0 Å². The molecule has 2 aliphatic heterocycles. The predicted octanol–water partition coefficient (Wildman–Crippen LogP) is 0.876. The summed E-state index contributed by atoms with van der Waals surface area (Å²) in [5.41, 5.74) is 1.07. The monoisotopic (exact) mass is 356 g/mol. The zero-order chi connectivity index (χ0) is 18.5. The van der Waals surface area contributed by atoms with Gasteiger partial charge in [-0.1, -0.05) is 18.2 Å². The Hall–Kier alpha value is -2.41. The highest BCUT2D eigenvalue weighted by Gasteiger charge is 2.51. The number of fused-ring (bicyclic) bond motifs is 2. The molecule has 0 bridgehead atoms. The van der Waals surface area contributed by atoms with Gasteiger partial charge in [0.15, 0.2) is 5.69 Å². The molecule has 2 fully saturated rings. The molecular weight excluding hydrogens is 332 g/mol. The van der Waals surface area contributed by atoms with E-state index in [1.54, 1.807) is 16.5 Å². The third-order valence-corrected chi connectivity index (χ3v) is 6.14. The van der Waals surface area contributed by atoms with Crippen molar-refractivity contribution < 1.29 is 14.7 Å². The molecule has 7 nitrogen and oxygen atoms in total. The Bertz CT molecular complexity index is 877. The van der Waals surface area contributed by atoms with Gasteiger partial charge < -0.3 is 14.9 Å². The van der Waals surface area contributed by atoms with Crippen LogP contribution >= 0.6 is 0 Å². The third-order valence-electron chi connectivity index (χ3n) is 6.14. The number of para-hydroxylation sites is 1. The molecule has 4 rings (SSSR count). The minimum absolute atomic E-state index is 0.0379. The third kappa shape index (κ3) is 2.49. The van der Waals surface area contributed by atoms with Crippen molar-refractivity contribution in [3.05, 3.63) is 30.0 Å². The van der Waals surface area contributed by atoms with Crippen LogP contribution in [0, 0.1) is 11.3 Å². The van der Waals surface area contributed by atoms with E-state index in [2.05, 4.69) is 5.10 Å². The Morgan fingerprint density at radius 3 is 2.73 bits per heavy atom. The highest BCUT2D eigenvalue weighted by molar-refractivity contribution is 6.05. The van der Waals surface area contributed by atoms with Crippen molar-refractivity contribution in [2.24, 2.45) is 18.4 Å². The fraction of sp³-hybridized carbons (Fsp3) is 0.526. The van der Waals surface area contributed by atoms with E-state index in [0.29, 0.717) is 31.9 Å². The Morgan fingerprint density at radius 1 is 1.27 bits per heavy atom. The summed E-state index contributed by atoms with van der Waals surface area (Å²) in [7, 11) is 1.84. The zero-order valence-electron chi connectivity index (χ0n) is 15.2. The molecule has 0 aliphatic carbocycles. The Morgan fingerprint density at radius 2 is 2.00 bits per heavy atom. The van der Waals surface area contributed by atoms with Gasteiger partial charge >= 0.3 is 0 Å². The predicted molar refractivity (Wildman–Crippen MR) is 96.5 cm³/mol. The smallest absolute Gasteiger partial charge is 0.275 e. The summed E-state index contributed by atoms with van der Waals surface area (Å²) in [6.07, 6.45) is 0.723. The fourth-order valence-electron chi connectivity index (χ4n) is 4.50. The molecule has 2 atom stereocenters. The number of piperidine rings is 1. The van der Waals surface area contributed by atoms with Crippen LogP contribution < -0.4 is 0 Å². The molecule has 26 heavy (non-hydrogen) atoms. The molecule has 1 aromatic carbocycles. The number of rotatable bonds is 2. The van der Waals surface area contributed by atoms with E-state index in [1.165, 1.54) is 0 Å². The number of nitrogens with zero attached hydrogens (tertiary/aromatic N) is 4. The number of likely N-dealkylation sites (tertiary alicyclic amines) is 2. The number of benzene rings is 1. The second kappa shape index (κ2) is 6.09. The topological polar surface area (TPSA) is 78.7 Å². The molecule has 0 spiro atoms.